The molecule has 0 aliphatic carbocycles. The summed E-state index contributed by atoms with van der Waals surface area (Å²) in [5, 5.41) is 5.97. The standard InChI is InChI=1S/C24H26F2N6O2/c25-18-3-4-28-19(12-18)16-29-23(33)11-17-14-30-24(31-15-17)21-2-1-20(13-22(21)26)34-10-9-32-7-5-27-6-8-32/h1-4,12-15,27H,5-11,16H2,(H,29,33). The van der Waals surface area contributed by atoms with E-state index in [9.17, 15) is 13.6 Å². The predicted molar refractivity (Wildman–Crippen MR) is 122 cm³/mol. The van der Waals surface area contributed by atoms with Gasteiger partial charge in [-0.25, -0.2) is 18.7 Å². The van der Waals surface area contributed by atoms with Gasteiger partial charge in [-0.2, -0.15) is 0 Å². The van der Waals surface area contributed by atoms with Crippen molar-refractivity contribution in [3.05, 3.63) is 71.8 Å². The Morgan fingerprint density at radius 3 is 2.62 bits per heavy atom. The monoisotopic (exact) mass is 468 g/mol. The Hall–Kier alpha value is -3.50. The highest BCUT2D eigenvalue weighted by Crippen LogP contribution is 2.23. The summed E-state index contributed by atoms with van der Waals surface area (Å²) in [6.45, 7) is 5.30. The van der Waals surface area contributed by atoms with Gasteiger partial charge in [0.05, 0.1) is 24.2 Å². The van der Waals surface area contributed by atoms with Crippen LogP contribution in [0.1, 0.15) is 11.3 Å². The van der Waals surface area contributed by atoms with E-state index in [4.69, 9.17) is 4.74 Å². The van der Waals surface area contributed by atoms with Gasteiger partial charge in [0.2, 0.25) is 5.91 Å². The Balaban J connectivity index is 1.28. The molecule has 178 valence electrons. The zero-order valence-electron chi connectivity index (χ0n) is 18.6. The number of nitrogens with one attached hydrogen (secondary N) is 2. The summed E-state index contributed by atoms with van der Waals surface area (Å²) in [5.74, 6) is -0.496. The van der Waals surface area contributed by atoms with Crippen molar-refractivity contribution in [1.29, 1.82) is 0 Å². The van der Waals surface area contributed by atoms with E-state index in [0.29, 0.717) is 23.6 Å². The van der Waals surface area contributed by atoms with Crippen LogP contribution in [0.25, 0.3) is 11.4 Å². The molecule has 0 bridgehead atoms. The number of ether oxygens (including phenoxy) is 1. The van der Waals surface area contributed by atoms with Crippen LogP contribution in [0.2, 0.25) is 0 Å². The molecule has 0 saturated carbocycles. The normalized spacial score (nSPS) is 14.1. The van der Waals surface area contributed by atoms with Crippen LogP contribution in [0, 0.1) is 11.6 Å². The molecule has 3 aromatic rings. The van der Waals surface area contributed by atoms with E-state index in [0.717, 1.165) is 32.7 Å². The lowest BCUT2D eigenvalue weighted by Crippen LogP contribution is -2.44. The quantitative estimate of drug-likeness (QED) is 0.496. The maximum Gasteiger partial charge on any atom is 0.224 e. The molecule has 8 nitrogen and oxygen atoms in total. The molecule has 2 aromatic heterocycles. The van der Waals surface area contributed by atoms with E-state index in [2.05, 4.69) is 30.5 Å². The number of benzene rings is 1. The molecule has 1 aromatic carbocycles. The van der Waals surface area contributed by atoms with Gasteiger partial charge < -0.3 is 15.4 Å². The number of hydrogen-bond acceptors (Lipinski definition) is 7. The number of aromatic nitrogens is 3. The van der Waals surface area contributed by atoms with Gasteiger partial charge in [0.25, 0.3) is 0 Å². The number of carbonyl (C=O) groups excluding carboxylic acids is 1. The van der Waals surface area contributed by atoms with Crippen LogP contribution in [-0.2, 0) is 17.8 Å². The summed E-state index contributed by atoms with van der Waals surface area (Å²) in [6, 6.07) is 7.11. The first-order valence-electron chi connectivity index (χ1n) is 11.1. The molecule has 1 fully saturated rings. The predicted octanol–water partition coefficient (Wildman–Crippen LogP) is 1.96. The molecule has 4 rings (SSSR count). The van der Waals surface area contributed by atoms with Gasteiger partial charge >= 0.3 is 0 Å². The Labute approximate surface area is 196 Å². The topological polar surface area (TPSA) is 92.3 Å². The van der Waals surface area contributed by atoms with E-state index in [1.807, 2.05) is 0 Å². The molecule has 34 heavy (non-hydrogen) atoms. The molecular weight excluding hydrogens is 442 g/mol. The fourth-order valence-corrected chi connectivity index (χ4v) is 3.56. The summed E-state index contributed by atoms with van der Waals surface area (Å²) < 4.78 is 33.5. The van der Waals surface area contributed by atoms with Gasteiger partial charge in [0, 0.05) is 57.4 Å². The van der Waals surface area contributed by atoms with Crippen LogP contribution in [0.4, 0.5) is 8.78 Å². The average Bonchev–Trinajstić information content (AvgIpc) is 2.84. The average molecular weight is 469 g/mol. The van der Waals surface area contributed by atoms with Gasteiger partial charge in [0.15, 0.2) is 5.82 Å². The fourth-order valence-electron chi connectivity index (χ4n) is 3.56. The fraction of sp³-hybridized carbons (Fsp3) is 0.333. The molecule has 3 heterocycles. The number of hydrogen-bond donors (Lipinski definition) is 2. The van der Waals surface area contributed by atoms with E-state index in [1.54, 1.807) is 12.1 Å². The third-order valence-electron chi connectivity index (χ3n) is 5.38. The smallest absolute Gasteiger partial charge is 0.224 e. The summed E-state index contributed by atoms with van der Waals surface area (Å²) in [5.41, 5.74) is 1.25. The lowest BCUT2D eigenvalue weighted by molar-refractivity contribution is -0.120. The number of amides is 1. The van der Waals surface area contributed by atoms with Crippen molar-refractivity contribution in [2.75, 3.05) is 39.3 Å². The number of rotatable bonds is 9. The Morgan fingerprint density at radius 2 is 1.88 bits per heavy atom. The highest BCUT2D eigenvalue weighted by atomic mass is 19.1. The van der Waals surface area contributed by atoms with Crippen LogP contribution in [0.3, 0.4) is 0 Å². The number of carbonyl (C=O) groups is 1. The second kappa shape index (κ2) is 11.6. The summed E-state index contributed by atoms with van der Waals surface area (Å²) in [7, 11) is 0. The second-order valence-electron chi connectivity index (χ2n) is 7.92. The lowest BCUT2D eigenvalue weighted by Gasteiger charge is -2.26. The van der Waals surface area contributed by atoms with Crippen LogP contribution in [0.5, 0.6) is 5.75 Å². The Kier molecular flexibility index (Phi) is 8.05. The first kappa shape index (κ1) is 23.7. The number of pyridine rings is 1. The van der Waals surface area contributed by atoms with Crippen molar-refractivity contribution in [3.63, 3.8) is 0 Å². The van der Waals surface area contributed by atoms with E-state index < -0.39 is 11.6 Å². The van der Waals surface area contributed by atoms with Crippen molar-refractivity contribution in [1.82, 2.24) is 30.5 Å². The molecule has 10 heteroatoms. The second-order valence-corrected chi connectivity index (χ2v) is 7.92. The molecular formula is C24H26F2N6O2. The molecule has 2 N–H and O–H groups in total. The summed E-state index contributed by atoms with van der Waals surface area (Å²) >= 11 is 0. The van der Waals surface area contributed by atoms with Gasteiger partial charge in [-0.05, 0) is 29.8 Å². The van der Waals surface area contributed by atoms with Crippen LogP contribution in [0.15, 0.2) is 48.9 Å². The lowest BCUT2D eigenvalue weighted by atomic mass is 10.1. The highest BCUT2D eigenvalue weighted by Gasteiger charge is 2.12. The largest absolute Gasteiger partial charge is 0.492 e. The number of halogens is 2. The Morgan fingerprint density at radius 1 is 1.09 bits per heavy atom. The molecule has 0 atom stereocenters. The minimum atomic E-state index is -0.479. The third kappa shape index (κ3) is 6.75. The van der Waals surface area contributed by atoms with Crippen molar-refractivity contribution >= 4 is 5.91 Å². The molecule has 1 saturated heterocycles. The van der Waals surface area contributed by atoms with Crippen molar-refractivity contribution in [3.8, 4) is 17.1 Å². The maximum atomic E-state index is 14.6. The molecule has 0 radical (unpaired) electrons. The van der Waals surface area contributed by atoms with E-state index >= 15 is 0 Å². The molecule has 1 aliphatic rings. The summed E-state index contributed by atoms with van der Waals surface area (Å²) in [4.78, 5) is 26.8. The van der Waals surface area contributed by atoms with E-state index in [-0.39, 0.29) is 30.3 Å². The molecule has 0 unspecified atom stereocenters. The van der Waals surface area contributed by atoms with Gasteiger partial charge in [-0.1, -0.05) is 0 Å². The SMILES string of the molecule is O=C(Cc1cnc(-c2ccc(OCCN3CCNCC3)cc2F)nc1)NCc1cc(F)ccn1. The molecule has 1 amide bonds. The molecule has 0 spiro atoms. The molecule has 1 aliphatic heterocycles. The van der Waals surface area contributed by atoms with Gasteiger partial charge in [-0.15, -0.1) is 0 Å². The van der Waals surface area contributed by atoms with Gasteiger partial charge in [-0.3, -0.25) is 14.7 Å². The number of piperazine rings is 1. The van der Waals surface area contributed by atoms with Crippen LogP contribution >= 0.6 is 0 Å². The maximum absolute atomic E-state index is 14.6. The van der Waals surface area contributed by atoms with Gasteiger partial charge in [0.1, 0.15) is 24.0 Å². The first-order valence-corrected chi connectivity index (χ1v) is 11.1. The number of nitrogens with zero attached hydrogens (tertiary/aromatic N) is 4. The first-order chi connectivity index (χ1) is 16.6. The van der Waals surface area contributed by atoms with Crippen LogP contribution in [-0.4, -0.2) is 65.1 Å². The Bertz CT molecular complexity index is 1110. The zero-order valence-corrected chi connectivity index (χ0v) is 18.6. The third-order valence-corrected chi connectivity index (χ3v) is 5.38. The van der Waals surface area contributed by atoms with E-state index in [1.165, 1.54) is 36.8 Å². The van der Waals surface area contributed by atoms with Crippen molar-refractivity contribution in [2.24, 2.45) is 0 Å². The minimum absolute atomic E-state index is 0.0396. The summed E-state index contributed by atoms with van der Waals surface area (Å²) in [6.07, 6.45) is 4.35. The van der Waals surface area contributed by atoms with Crippen LogP contribution < -0.4 is 15.4 Å². The zero-order chi connectivity index (χ0) is 23.8. The van der Waals surface area contributed by atoms with Crippen molar-refractivity contribution in [2.45, 2.75) is 13.0 Å². The minimum Gasteiger partial charge on any atom is -0.492 e. The highest BCUT2D eigenvalue weighted by molar-refractivity contribution is 5.78. The van der Waals surface area contributed by atoms with Crippen molar-refractivity contribution < 1.29 is 18.3 Å².